The van der Waals surface area contributed by atoms with Gasteiger partial charge in [0.2, 0.25) is 16.0 Å². The summed E-state index contributed by atoms with van der Waals surface area (Å²) in [5, 5.41) is 10.3. The first-order chi connectivity index (χ1) is 20.3. The molecule has 0 amide bonds. The molecular weight excluding hydrogens is 576 g/mol. The van der Waals surface area contributed by atoms with Crippen molar-refractivity contribution in [3.8, 4) is 5.75 Å². The lowest BCUT2D eigenvalue weighted by molar-refractivity contribution is 0.150. The number of hydrogen-bond donors (Lipinski definition) is 3. The Balaban J connectivity index is 1.17. The number of ether oxygens (including phenoxy) is 1. The molecule has 0 aliphatic carbocycles. The predicted molar refractivity (Wildman–Crippen MR) is 169 cm³/mol. The molecule has 3 aliphatic heterocycles. The number of piperazine rings is 1. The molecule has 2 fully saturated rings. The predicted octanol–water partition coefficient (Wildman–Crippen LogP) is 3.82. The highest BCUT2D eigenvalue weighted by molar-refractivity contribution is 7.92. The van der Waals surface area contributed by atoms with Gasteiger partial charge in [-0.3, -0.25) is 9.21 Å². The number of aromatic nitrogens is 2. The Morgan fingerprint density at radius 3 is 2.55 bits per heavy atom. The number of nitrogens with zero attached hydrogens (tertiary/aromatic N) is 5. The van der Waals surface area contributed by atoms with E-state index < -0.39 is 10.0 Å². The molecule has 0 radical (unpaired) electrons. The smallest absolute Gasteiger partial charge is 0.232 e. The Morgan fingerprint density at radius 1 is 1.02 bits per heavy atom. The van der Waals surface area contributed by atoms with Gasteiger partial charge in [0, 0.05) is 63.6 Å². The number of anilines is 6. The minimum atomic E-state index is -3.42. The Kier molecular flexibility index (Phi) is 8.30. The lowest BCUT2D eigenvalue weighted by Crippen LogP contribution is -2.52. The fourth-order valence-corrected chi connectivity index (χ4v) is 7.24. The average molecular weight is 613 g/mol. The second-order valence-electron chi connectivity index (χ2n) is 10.9. The number of benzene rings is 2. The van der Waals surface area contributed by atoms with Gasteiger partial charge >= 0.3 is 0 Å². The van der Waals surface area contributed by atoms with E-state index in [1.807, 2.05) is 24.3 Å². The van der Waals surface area contributed by atoms with Crippen LogP contribution in [0.3, 0.4) is 0 Å². The molecule has 11 nitrogen and oxygen atoms in total. The van der Waals surface area contributed by atoms with Gasteiger partial charge in [0.25, 0.3) is 0 Å². The van der Waals surface area contributed by atoms with Crippen LogP contribution in [-0.2, 0) is 16.4 Å². The van der Waals surface area contributed by atoms with Crippen molar-refractivity contribution in [1.82, 2.24) is 20.2 Å². The third-order valence-corrected chi connectivity index (χ3v) is 9.72. The molecule has 0 atom stereocenters. The molecule has 3 N–H and O–H groups in total. The zero-order chi connectivity index (χ0) is 29.3. The molecule has 4 heterocycles. The third-order valence-electron chi connectivity index (χ3n) is 8.28. The van der Waals surface area contributed by atoms with Gasteiger partial charge in [0.1, 0.15) is 10.8 Å². The summed E-state index contributed by atoms with van der Waals surface area (Å²) in [6.07, 6.45) is 5.69. The Hall–Kier alpha value is -3.32. The summed E-state index contributed by atoms with van der Waals surface area (Å²) < 4.78 is 32.0. The first-order valence-electron chi connectivity index (χ1n) is 14.3. The van der Waals surface area contributed by atoms with Gasteiger partial charge in [-0.15, -0.1) is 0 Å². The van der Waals surface area contributed by atoms with Gasteiger partial charge in [0.05, 0.1) is 36.6 Å². The minimum absolute atomic E-state index is 0.314. The number of fused-ring (bicyclic) bond motifs is 1. The van der Waals surface area contributed by atoms with Crippen molar-refractivity contribution in [1.29, 1.82) is 0 Å². The number of sulfonamides is 1. The summed E-state index contributed by atoms with van der Waals surface area (Å²) in [6, 6.07) is 12.4. The van der Waals surface area contributed by atoms with E-state index in [-0.39, 0.29) is 0 Å². The van der Waals surface area contributed by atoms with Crippen LogP contribution in [0.1, 0.15) is 18.4 Å². The van der Waals surface area contributed by atoms with Crippen LogP contribution in [0, 0.1) is 0 Å². The van der Waals surface area contributed by atoms with Gasteiger partial charge < -0.3 is 25.6 Å². The second-order valence-corrected chi connectivity index (χ2v) is 13.2. The van der Waals surface area contributed by atoms with E-state index in [0.717, 1.165) is 69.0 Å². The van der Waals surface area contributed by atoms with E-state index in [1.54, 1.807) is 7.11 Å². The van der Waals surface area contributed by atoms with Crippen molar-refractivity contribution in [3.63, 3.8) is 0 Å². The summed E-state index contributed by atoms with van der Waals surface area (Å²) >= 11 is 6.47. The minimum Gasteiger partial charge on any atom is -0.494 e. The molecule has 0 bridgehead atoms. The summed E-state index contributed by atoms with van der Waals surface area (Å²) in [5.74, 6) is 1.39. The van der Waals surface area contributed by atoms with Crippen molar-refractivity contribution in [2.45, 2.75) is 25.3 Å². The molecule has 224 valence electrons. The second kappa shape index (κ2) is 12.1. The van der Waals surface area contributed by atoms with Crippen molar-refractivity contribution >= 4 is 56.1 Å². The highest BCUT2D eigenvalue weighted by atomic mass is 35.5. The number of para-hydroxylation sites is 1. The van der Waals surface area contributed by atoms with E-state index in [0.29, 0.717) is 52.9 Å². The van der Waals surface area contributed by atoms with Crippen molar-refractivity contribution in [2.24, 2.45) is 0 Å². The highest BCUT2D eigenvalue weighted by Crippen LogP contribution is 2.39. The molecule has 0 unspecified atom stereocenters. The first-order valence-corrected chi connectivity index (χ1v) is 16.6. The Labute approximate surface area is 252 Å². The number of piperidine rings is 1. The Morgan fingerprint density at radius 2 is 1.81 bits per heavy atom. The maximum Gasteiger partial charge on any atom is 0.232 e. The monoisotopic (exact) mass is 612 g/mol. The topological polar surface area (TPSA) is 115 Å². The lowest BCUT2D eigenvalue weighted by Gasteiger charge is -2.41. The maximum absolute atomic E-state index is 12.4. The van der Waals surface area contributed by atoms with Crippen LogP contribution in [0.15, 0.2) is 42.6 Å². The summed E-state index contributed by atoms with van der Waals surface area (Å²) in [4.78, 5) is 14.0. The van der Waals surface area contributed by atoms with Crippen LogP contribution in [0.25, 0.3) is 0 Å². The van der Waals surface area contributed by atoms with Crippen LogP contribution < -0.4 is 29.9 Å². The van der Waals surface area contributed by atoms with Gasteiger partial charge in [0.15, 0.2) is 5.82 Å². The molecule has 13 heteroatoms. The number of rotatable bonds is 8. The molecule has 0 spiro atoms. The molecule has 42 heavy (non-hydrogen) atoms. The fraction of sp³-hybridized carbons (Fsp3) is 0.448. The van der Waals surface area contributed by atoms with E-state index in [2.05, 4.69) is 47.9 Å². The number of halogens is 1. The maximum atomic E-state index is 12.4. The molecule has 0 saturated carbocycles. The SMILES string of the molecule is COc1cc(N2CCC(N3CCNCC3)CC2)ccc1Nc1ncc(Cl)c(Nc2cccc3c2N(S(C)(=O)=O)CC3)n1. The standard InChI is InChI=1S/C29H37ClN8O3S/c1-41-26-18-22(36-13-9-21(10-14-36)37-16-11-31-12-17-37)6-7-24(26)34-29-32-19-23(30)28(35-29)33-25-5-3-4-20-8-15-38(27(20)25)42(2,39)40/h3-7,18-19,21,31H,8-17H2,1-2H3,(H2,32,33,34,35). The molecule has 2 saturated heterocycles. The van der Waals surface area contributed by atoms with E-state index >= 15 is 0 Å². The largest absolute Gasteiger partial charge is 0.494 e. The van der Waals surface area contributed by atoms with Crippen LogP contribution in [0.2, 0.25) is 5.02 Å². The van der Waals surface area contributed by atoms with E-state index in [1.165, 1.54) is 16.8 Å². The number of methoxy groups -OCH3 is 1. The zero-order valence-electron chi connectivity index (χ0n) is 23.9. The van der Waals surface area contributed by atoms with Crippen molar-refractivity contribution in [2.75, 3.05) is 79.0 Å². The number of hydrogen-bond acceptors (Lipinski definition) is 10. The fourth-order valence-electron chi connectivity index (χ4n) is 6.13. The van der Waals surface area contributed by atoms with E-state index in [9.17, 15) is 8.42 Å². The van der Waals surface area contributed by atoms with Gasteiger partial charge in [-0.05, 0) is 43.0 Å². The quantitative estimate of drug-likeness (QED) is 0.347. The van der Waals surface area contributed by atoms with Crippen LogP contribution in [0.5, 0.6) is 5.75 Å². The van der Waals surface area contributed by atoms with Gasteiger partial charge in [-0.25, -0.2) is 13.4 Å². The molecule has 3 aromatic rings. The summed E-state index contributed by atoms with van der Waals surface area (Å²) in [7, 11) is -1.77. The zero-order valence-corrected chi connectivity index (χ0v) is 25.5. The van der Waals surface area contributed by atoms with Gasteiger partial charge in [-0.1, -0.05) is 23.7 Å². The Bertz CT molecular complexity index is 1540. The molecule has 1 aromatic heterocycles. The van der Waals surface area contributed by atoms with Crippen LogP contribution in [-0.4, -0.2) is 88.5 Å². The van der Waals surface area contributed by atoms with Gasteiger partial charge in [-0.2, -0.15) is 4.98 Å². The average Bonchev–Trinajstić information content (AvgIpc) is 3.46. The number of nitrogens with one attached hydrogen (secondary N) is 3. The molecular formula is C29H37ClN8O3S. The third kappa shape index (κ3) is 6.07. The van der Waals surface area contributed by atoms with Crippen molar-refractivity contribution < 1.29 is 13.2 Å². The van der Waals surface area contributed by atoms with Crippen molar-refractivity contribution in [3.05, 3.63) is 53.2 Å². The molecule has 2 aromatic carbocycles. The molecule has 3 aliphatic rings. The first kappa shape index (κ1) is 28.8. The summed E-state index contributed by atoms with van der Waals surface area (Å²) in [6.45, 7) is 6.86. The molecule has 6 rings (SSSR count). The highest BCUT2D eigenvalue weighted by Gasteiger charge is 2.29. The van der Waals surface area contributed by atoms with Crippen LogP contribution in [0.4, 0.5) is 34.5 Å². The van der Waals surface area contributed by atoms with Crippen LogP contribution >= 0.6 is 11.6 Å². The summed E-state index contributed by atoms with van der Waals surface area (Å²) in [5.41, 5.74) is 4.05. The lowest BCUT2D eigenvalue weighted by atomic mass is 10.0. The normalized spacial score (nSPS) is 18.2. The van der Waals surface area contributed by atoms with E-state index in [4.69, 9.17) is 16.3 Å².